The lowest BCUT2D eigenvalue weighted by Crippen LogP contribution is -1.85. The average Bonchev–Trinajstić information content (AvgIpc) is 2.86. The van der Waals surface area contributed by atoms with Crippen LogP contribution in [0.1, 0.15) is 37.1 Å². The standard InChI is InChI=1S/C13H12ClN3OS/c1-8(2)13-17-16-12(18-13)7-19-11-4-3-9(6-15)5-10(11)14/h3-5,8H,7H2,1-2H3. The second-order valence-electron chi connectivity index (χ2n) is 4.23. The highest BCUT2D eigenvalue weighted by Gasteiger charge is 2.10. The summed E-state index contributed by atoms with van der Waals surface area (Å²) in [5.74, 6) is 2.01. The maximum atomic E-state index is 8.77. The van der Waals surface area contributed by atoms with Crippen molar-refractivity contribution in [2.45, 2.75) is 30.4 Å². The van der Waals surface area contributed by atoms with Gasteiger partial charge >= 0.3 is 0 Å². The van der Waals surface area contributed by atoms with Crippen molar-refractivity contribution in [2.75, 3.05) is 0 Å². The molecule has 0 aliphatic heterocycles. The van der Waals surface area contributed by atoms with E-state index in [2.05, 4.69) is 16.3 Å². The molecule has 2 rings (SSSR count). The second kappa shape index (κ2) is 6.09. The van der Waals surface area contributed by atoms with Crippen LogP contribution < -0.4 is 0 Å². The number of rotatable bonds is 4. The minimum atomic E-state index is 0.227. The molecule has 0 saturated carbocycles. The summed E-state index contributed by atoms with van der Waals surface area (Å²) in [4.78, 5) is 0.893. The van der Waals surface area contributed by atoms with Gasteiger partial charge in [0.05, 0.1) is 22.4 Å². The number of hydrogen-bond donors (Lipinski definition) is 0. The van der Waals surface area contributed by atoms with Gasteiger partial charge in [-0.1, -0.05) is 25.4 Å². The minimum Gasteiger partial charge on any atom is -0.424 e. The van der Waals surface area contributed by atoms with Gasteiger partial charge in [-0.2, -0.15) is 5.26 Å². The van der Waals surface area contributed by atoms with E-state index in [1.165, 1.54) is 11.8 Å². The molecule has 6 heteroatoms. The monoisotopic (exact) mass is 293 g/mol. The predicted molar refractivity (Wildman–Crippen MR) is 74.1 cm³/mol. The summed E-state index contributed by atoms with van der Waals surface area (Å²) in [7, 11) is 0. The van der Waals surface area contributed by atoms with E-state index in [1.807, 2.05) is 19.9 Å². The lowest BCUT2D eigenvalue weighted by molar-refractivity contribution is 0.445. The van der Waals surface area contributed by atoms with E-state index in [0.29, 0.717) is 28.1 Å². The van der Waals surface area contributed by atoms with Crippen molar-refractivity contribution in [3.63, 3.8) is 0 Å². The van der Waals surface area contributed by atoms with Crippen LogP contribution in [-0.2, 0) is 5.75 Å². The molecule has 0 radical (unpaired) electrons. The van der Waals surface area contributed by atoms with Crippen LogP contribution in [0.15, 0.2) is 27.5 Å². The van der Waals surface area contributed by atoms with E-state index in [1.54, 1.807) is 12.1 Å². The Balaban J connectivity index is 2.04. The summed E-state index contributed by atoms with van der Waals surface area (Å²) < 4.78 is 5.51. The van der Waals surface area contributed by atoms with E-state index in [9.17, 15) is 0 Å². The molecule has 4 nitrogen and oxygen atoms in total. The third-order valence-corrected chi connectivity index (χ3v) is 3.87. The van der Waals surface area contributed by atoms with Crippen molar-refractivity contribution in [1.29, 1.82) is 5.26 Å². The molecule has 0 N–H and O–H groups in total. The van der Waals surface area contributed by atoms with E-state index >= 15 is 0 Å². The first-order valence-electron chi connectivity index (χ1n) is 5.75. The van der Waals surface area contributed by atoms with Gasteiger partial charge < -0.3 is 4.42 Å². The Hall–Kier alpha value is -1.51. The maximum Gasteiger partial charge on any atom is 0.226 e. The van der Waals surface area contributed by atoms with Gasteiger partial charge in [0, 0.05) is 10.8 Å². The summed E-state index contributed by atoms with van der Waals surface area (Å²) in [6, 6.07) is 7.26. The number of halogens is 1. The van der Waals surface area contributed by atoms with E-state index in [0.717, 1.165) is 4.90 Å². The zero-order chi connectivity index (χ0) is 13.8. The Kier molecular flexibility index (Phi) is 4.46. The van der Waals surface area contributed by atoms with Crippen LogP contribution in [0, 0.1) is 11.3 Å². The number of benzene rings is 1. The molecule has 0 aliphatic carbocycles. The molecule has 1 aromatic heterocycles. The molecule has 0 aliphatic rings. The number of nitrogens with zero attached hydrogens (tertiary/aromatic N) is 3. The van der Waals surface area contributed by atoms with E-state index < -0.39 is 0 Å². The Bertz CT molecular complexity index is 619. The van der Waals surface area contributed by atoms with Crippen molar-refractivity contribution >= 4 is 23.4 Å². The molecular formula is C13H12ClN3OS. The SMILES string of the molecule is CC(C)c1nnc(CSc2ccc(C#N)cc2Cl)o1. The van der Waals surface area contributed by atoms with Gasteiger partial charge in [0.15, 0.2) is 0 Å². The first-order chi connectivity index (χ1) is 9.10. The quantitative estimate of drug-likeness (QED) is 0.797. The van der Waals surface area contributed by atoms with Crippen LogP contribution in [-0.4, -0.2) is 10.2 Å². The number of nitriles is 1. The normalized spacial score (nSPS) is 10.7. The second-order valence-corrected chi connectivity index (χ2v) is 5.66. The molecule has 0 amide bonds. The number of hydrogen-bond acceptors (Lipinski definition) is 5. The Morgan fingerprint density at radius 1 is 1.42 bits per heavy atom. The minimum absolute atomic E-state index is 0.227. The zero-order valence-corrected chi connectivity index (χ0v) is 12.1. The van der Waals surface area contributed by atoms with Crippen LogP contribution in [0.5, 0.6) is 0 Å². The molecule has 0 atom stereocenters. The summed E-state index contributed by atoms with van der Waals surface area (Å²) in [6.07, 6.45) is 0. The molecule has 1 heterocycles. The van der Waals surface area contributed by atoms with Crippen molar-refractivity contribution in [3.8, 4) is 6.07 Å². The van der Waals surface area contributed by atoms with E-state index in [-0.39, 0.29) is 5.92 Å². The van der Waals surface area contributed by atoms with E-state index in [4.69, 9.17) is 21.3 Å². The first-order valence-corrected chi connectivity index (χ1v) is 7.11. The molecule has 0 bridgehead atoms. The third-order valence-electron chi connectivity index (χ3n) is 2.39. The summed E-state index contributed by atoms with van der Waals surface area (Å²) in [5.41, 5.74) is 0.550. The third kappa shape index (κ3) is 3.49. The largest absolute Gasteiger partial charge is 0.424 e. The van der Waals surface area contributed by atoms with Crippen LogP contribution in [0.2, 0.25) is 5.02 Å². The van der Waals surface area contributed by atoms with Crippen molar-refractivity contribution in [3.05, 3.63) is 40.6 Å². The zero-order valence-electron chi connectivity index (χ0n) is 10.6. The molecule has 19 heavy (non-hydrogen) atoms. The van der Waals surface area contributed by atoms with Gasteiger partial charge in [-0.3, -0.25) is 0 Å². The average molecular weight is 294 g/mol. The Labute approximate surface area is 120 Å². The molecule has 0 spiro atoms. The fraction of sp³-hybridized carbons (Fsp3) is 0.308. The van der Waals surface area contributed by atoms with Crippen molar-refractivity contribution < 1.29 is 4.42 Å². The van der Waals surface area contributed by atoms with Gasteiger partial charge in [-0.15, -0.1) is 22.0 Å². The predicted octanol–water partition coefficient (Wildman–Crippen LogP) is 4.01. The fourth-order valence-electron chi connectivity index (χ4n) is 1.39. The molecule has 1 aromatic carbocycles. The molecule has 0 unspecified atom stereocenters. The number of thioether (sulfide) groups is 1. The highest BCUT2D eigenvalue weighted by atomic mass is 35.5. The molecular weight excluding hydrogens is 282 g/mol. The molecule has 0 saturated heterocycles. The molecule has 98 valence electrons. The Morgan fingerprint density at radius 2 is 2.21 bits per heavy atom. The van der Waals surface area contributed by atoms with Crippen molar-refractivity contribution in [1.82, 2.24) is 10.2 Å². The highest BCUT2D eigenvalue weighted by Crippen LogP contribution is 2.30. The number of aromatic nitrogens is 2. The maximum absolute atomic E-state index is 8.77. The van der Waals surface area contributed by atoms with Gasteiger partial charge in [0.1, 0.15) is 0 Å². The van der Waals surface area contributed by atoms with Gasteiger partial charge in [-0.05, 0) is 18.2 Å². The van der Waals surface area contributed by atoms with Gasteiger partial charge in [-0.25, -0.2) is 0 Å². The summed E-state index contributed by atoms with van der Waals surface area (Å²) in [6.45, 7) is 4.00. The van der Waals surface area contributed by atoms with Crippen molar-refractivity contribution in [2.24, 2.45) is 0 Å². The first kappa shape index (κ1) is 13.9. The Morgan fingerprint density at radius 3 is 2.79 bits per heavy atom. The van der Waals surface area contributed by atoms with Crippen LogP contribution in [0.25, 0.3) is 0 Å². The lowest BCUT2D eigenvalue weighted by Gasteiger charge is -2.02. The fourth-order valence-corrected chi connectivity index (χ4v) is 2.49. The molecule has 2 aromatic rings. The van der Waals surface area contributed by atoms with Crippen LogP contribution in [0.4, 0.5) is 0 Å². The van der Waals surface area contributed by atoms with Crippen LogP contribution in [0.3, 0.4) is 0 Å². The van der Waals surface area contributed by atoms with Gasteiger partial charge in [0.25, 0.3) is 0 Å². The summed E-state index contributed by atoms with van der Waals surface area (Å²) in [5, 5.41) is 17.3. The smallest absolute Gasteiger partial charge is 0.226 e. The lowest BCUT2D eigenvalue weighted by atomic mass is 10.2. The highest BCUT2D eigenvalue weighted by molar-refractivity contribution is 7.98. The topological polar surface area (TPSA) is 62.7 Å². The van der Waals surface area contributed by atoms with Crippen LogP contribution >= 0.6 is 23.4 Å². The van der Waals surface area contributed by atoms with Gasteiger partial charge in [0.2, 0.25) is 11.8 Å². The summed E-state index contributed by atoms with van der Waals surface area (Å²) >= 11 is 7.60. The molecule has 0 fully saturated rings.